The van der Waals surface area contributed by atoms with Crippen LogP contribution in [0.1, 0.15) is 59.1 Å². The van der Waals surface area contributed by atoms with E-state index in [9.17, 15) is 14.3 Å². The standard InChI is InChI=1S/C23H22FN7O3/c24-14-4-3-9-31-18(14)12-16(28-31)22-21-17(30(13-25-21)20-5-1-2-11-34-20)8-10-29(22)19-7-6-15(23(32)33)26-27-19/h3-4,6-7,9,12-13,20,22H,1-2,5,8,10-11H2,(H,32,33). The number of carboxylic acids is 1. The van der Waals surface area contributed by atoms with Gasteiger partial charge in [-0.25, -0.2) is 18.7 Å². The highest BCUT2D eigenvalue weighted by Crippen LogP contribution is 2.38. The van der Waals surface area contributed by atoms with Crippen molar-refractivity contribution < 1.29 is 19.0 Å². The third-order valence-corrected chi connectivity index (χ3v) is 6.47. The maximum Gasteiger partial charge on any atom is 0.356 e. The predicted molar refractivity (Wildman–Crippen MR) is 118 cm³/mol. The van der Waals surface area contributed by atoms with Crippen LogP contribution in [0.2, 0.25) is 0 Å². The minimum absolute atomic E-state index is 0.0506. The maximum atomic E-state index is 14.5. The van der Waals surface area contributed by atoms with Gasteiger partial charge in [-0.05, 0) is 49.6 Å². The Morgan fingerprint density at radius 2 is 2.12 bits per heavy atom. The van der Waals surface area contributed by atoms with E-state index in [0.29, 0.717) is 30.0 Å². The van der Waals surface area contributed by atoms with Gasteiger partial charge in [0.15, 0.2) is 11.5 Å². The van der Waals surface area contributed by atoms with E-state index in [2.05, 4.69) is 19.9 Å². The summed E-state index contributed by atoms with van der Waals surface area (Å²) in [6.45, 7) is 1.30. The zero-order valence-corrected chi connectivity index (χ0v) is 18.2. The first-order valence-corrected chi connectivity index (χ1v) is 11.2. The van der Waals surface area contributed by atoms with Gasteiger partial charge < -0.3 is 19.3 Å². The lowest BCUT2D eigenvalue weighted by atomic mass is 9.99. The molecule has 34 heavy (non-hydrogen) atoms. The summed E-state index contributed by atoms with van der Waals surface area (Å²) in [6.07, 6.45) is 7.24. The first-order valence-electron chi connectivity index (χ1n) is 11.2. The highest BCUT2D eigenvalue weighted by Gasteiger charge is 2.36. The summed E-state index contributed by atoms with van der Waals surface area (Å²) >= 11 is 0. The lowest BCUT2D eigenvalue weighted by Crippen LogP contribution is -2.38. The van der Waals surface area contributed by atoms with Gasteiger partial charge in [-0.1, -0.05) is 0 Å². The number of nitrogens with zero attached hydrogens (tertiary/aromatic N) is 7. The Kier molecular flexibility index (Phi) is 4.98. The number of hydrogen-bond donors (Lipinski definition) is 1. The molecule has 2 aliphatic rings. The number of pyridine rings is 1. The summed E-state index contributed by atoms with van der Waals surface area (Å²) in [5.41, 5.74) is 2.71. The molecule has 0 aromatic carbocycles. The van der Waals surface area contributed by atoms with Crippen molar-refractivity contribution in [3.05, 3.63) is 71.4 Å². The zero-order chi connectivity index (χ0) is 23.2. The van der Waals surface area contributed by atoms with Crippen molar-refractivity contribution in [2.45, 2.75) is 38.0 Å². The van der Waals surface area contributed by atoms with E-state index in [0.717, 1.165) is 37.3 Å². The Hall–Kier alpha value is -3.86. The van der Waals surface area contributed by atoms with Gasteiger partial charge in [0.05, 0.1) is 17.7 Å². The molecule has 4 aromatic rings. The Labute approximate surface area is 193 Å². The molecular weight excluding hydrogens is 441 g/mol. The number of rotatable bonds is 4. The Morgan fingerprint density at radius 3 is 2.85 bits per heavy atom. The normalized spacial score (nSPS) is 20.4. The number of anilines is 1. The number of aromatic nitrogens is 6. The van der Waals surface area contributed by atoms with Crippen LogP contribution in [0.3, 0.4) is 0 Å². The van der Waals surface area contributed by atoms with E-state index in [1.165, 1.54) is 16.6 Å². The molecule has 0 saturated carbocycles. The van der Waals surface area contributed by atoms with Gasteiger partial charge >= 0.3 is 5.97 Å². The number of fused-ring (bicyclic) bond motifs is 2. The minimum Gasteiger partial charge on any atom is -0.476 e. The molecule has 4 aromatic heterocycles. The zero-order valence-electron chi connectivity index (χ0n) is 18.2. The predicted octanol–water partition coefficient (Wildman–Crippen LogP) is 3.01. The molecule has 1 saturated heterocycles. The molecule has 2 aliphatic heterocycles. The lowest BCUT2D eigenvalue weighted by Gasteiger charge is -2.36. The van der Waals surface area contributed by atoms with E-state index >= 15 is 0 Å². The number of aromatic carboxylic acids is 1. The summed E-state index contributed by atoms with van der Waals surface area (Å²) in [7, 11) is 0. The smallest absolute Gasteiger partial charge is 0.356 e. The monoisotopic (exact) mass is 463 g/mol. The average Bonchev–Trinajstić information content (AvgIpc) is 3.49. The first-order chi connectivity index (χ1) is 16.6. The molecule has 174 valence electrons. The number of halogens is 1. The molecule has 10 nitrogen and oxygen atoms in total. The van der Waals surface area contributed by atoms with Crippen molar-refractivity contribution in [3.63, 3.8) is 0 Å². The van der Waals surface area contributed by atoms with Crippen LogP contribution in [-0.4, -0.2) is 53.6 Å². The van der Waals surface area contributed by atoms with Crippen molar-refractivity contribution in [2.24, 2.45) is 0 Å². The van der Waals surface area contributed by atoms with Crippen LogP contribution in [-0.2, 0) is 11.2 Å². The molecule has 0 amide bonds. The molecule has 0 aliphatic carbocycles. The van der Waals surface area contributed by atoms with E-state index in [4.69, 9.17) is 9.72 Å². The third kappa shape index (κ3) is 3.39. The molecule has 6 heterocycles. The highest BCUT2D eigenvalue weighted by atomic mass is 19.1. The van der Waals surface area contributed by atoms with Gasteiger partial charge in [-0.2, -0.15) is 5.10 Å². The highest BCUT2D eigenvalue weighted by molar-refractivity contribution is 5.85. The Bertz CT molecular complexity index is 1360. The average molecular weight is 463 g/mol. The van der Waals surface area contributed by atoms with Crippen LogP contribution >= 0.6 is 0 Å². The van der Waals surface area contributed by atoms with Crippen LogP contribution in [0.5, 0.6) is 0 Å². The summed E-state index contributed by atoms with van der Waals surface area (Å²) in [5, 5.41) is 21.9. The van der Waals surface area contributed by atoms with Crippen LogP contribution < -0.4 is 4.90 Å². The van der Waals surface area contributed by atoms with E-state index in [1.54, 1.807) is 24.4 Å². The molecule has 6 rings (SSSR count). The fourth-order valence-electron chi connectivity index (χ4n) is 4.85. The van der Waals surface area contributed by atoms with Crippen molar-refractivity contribution in [1.82, 2.24) is 29.4 Å². The number of carbonyl (C=O) groups is 1. The first kappa shape index (κ1) is 20.7. The van der Waals surface area contributed by atoms with Gasteiger partial charge in [0.2, 0.25) is 0 Å². The molecule has 11 heteroatoms. The van der Waals surface area contributed by atoms with Gasteiger partial charge in [0, 0.05) is 31.5 Å². The number of hydrogen-bond acceptors (Lipinski definition) is 7. The van der Waals surface area contributed by atoms with E-state index in [1.807, 2.05) is 11.2 Å². The van der Waals surface area contributed by atoms with Crippen LogP contribution in [0.25, 0.3) is 5.52 Å². The summed E-state index contributed by atoms with van der Waals surface area (Å²) in [4.78, 5) is 18.0. The molecule has 1 N–H and O–H groups in total. The molecule has 0 bridgehead atoms. The van der Waals surface area contributed by atoms with Gasteiger partial charge in [-0.3, -0.25) is 0 Å². The van der Waals surface area contributed by atoms with Crippen molar-refractivity contribution in [2.75, 3.05) is 18.1 Å². The quantitative estimate of drug-likeness (QED) is 0.492. The topological polar surface area (TPSA) is 111 Å². The number of carboxylic acid groups (broad SMARTS) is 1. The molecule has 2 unspecified atom stereocenters. The van der Waals surface area contributed by atoms with Crippen LogP contribution in [0, 0.1) is 5.82 Å². The maximum absolute atomic E-state index is 14.5. The van der Waals surface area contributed by atoms with E-state index in [-0.39, 0.29) is 17.7 Å². The second-order valence-electron chi connectivity index (χ2n) is 8.49. The largest absolute Gasteiger partial charge is 0.476 e. The molecular formula is C23H22FN7O3. The van der Waals surface area contributed by atoms with Crippen LogP contribution in [0.15, 0.2) is 42.9 Å². The molecule has 0 radical (unpaired) electrons. The Balaban J connectivity index is 1.46. The fourth-order valence-corrected chi connectivity index (χ4v) is 4.85. The second kappa shape index (κ2) is 8.17. The molecule has 2 atom stereocenters. The Morgan fingerprint density at radius 1 is 1.21 bits per heavy atom. The van der Waals surface area contributed by atoms with E-state index < -0.39 is 12.0 Å². The summed E-state index contributed by atoms with van der Waals surface area (Å²) < 4.78 is 24.1. The van der Waals surface area contributed by atoms with Gasteiger partial charge in [0.25, 0.3) is 0 Å². The fraction of sp³-hybridized carbons (Fsp3) is 0.348. The van der Waals surface area contributed by atoms with Gasteiger partial charge in [0.1, 0.15) is 23.6 Å². The van der Waals surface area contributed by atoms with Crippen molar-refractivity contribution >= 4 is 17.3 Å². The molecule has 1 fully saturated rings. The molecule has 0 spiro atoms. The number of imidazole rings is 1. The summed E-state index contributed by atoms with van der Waals surface area (Å²) in [6, 6.07) is 7.33. The summed E-state index contributed by atoms with van der Waals surface area (Å²) in [5.74, 6) is -1.00. The van der Waals surface area contributed by atoms with Crippen molar-refractivity contribution in [1.29, 1.82) is 0 Å². The minimum atomic E-state index is -1.14. The second-order valence-corrected chi connectivity index (χ2v) is 8.49. The number of ether oxygens (including phenoxy) is 1. The van der Waals surface area contributed by atoms with Crippen LogP contribution in [0.4, 0.5) is 10.2 Å². The SMILES string of the molecule is O=C(O)c1ccc(N2CCc3c(ncn3C3CCCCO3)C2c2cc3c(F)cccn3n2)nn1. The lowest BCUT2D eigenvalue weighted by molar-refractivity contribution is -0.0336. The third-order valence-electron chi connectivity index (χ3n) is 6.47. The van der Waals surface area contributed by atoms with Gasteiger partial charge in [-0.15, -0.1) is 10.2 Å². The van der Waals surface area contributed by atoms with Crippen molar-refractivity contribution in [3.8, 4) is 0 Å².